The van der Waals surface area contributed by atoms with Crippen LogP contribution in [0.15, 0.2) is 0 Å². The lowest BCUT2D eigenvalue weighted by Gasteiger charge is -2.16. The van der Waals surface area contributed by atoms with Crippen molar-refractivity contribution in [2.45, 2.75) is 51.9 Å². The van der Waals surface area contributed by atoms with Crippen LogP contribution in [0, 0.1) is 17.8 Å². The molecule has 0 heterocycles. The fraction of sp³-hybridized carbons (Fsp3) is 0.846. The van der Waals surface area contributed by atoms with Gasteiger partial charge in [0, 0.05) is 11.8 Å². The van der Waals surface area contributed by atoms with Gasteiger partial charge < -0.3 is 0 Å². The number of ketones is 2. The van der Waals surface area contributed by atoms with Crippen molar-refractivity contribution in [3.05, 3.63) is 0 Å². The van der Waals surface area contributed by atoms with Gasteiger partial charge in [-0.3, -0.25) is 9.59 Å². The highest BCUT2D eigenvalue weighted by atomic mass is 16.2. The molecule has 1 atom stereocenters. The van der Waals surface area contributed by atoms with Crippen molar-refractivity contribution in [3.63, 3.8) is 0 Å². The second-order valence-electron chi connectivity index (χ2n) is 5.02. The summed E-state index contributed by atoms with van der Waals surface area (Å²) < 4.78 is 0. The third-order valence-corrected chi connectivity index (χ3v) is 3.83. The molecule has 0 aromatic heterocycles. The average molecular weight is 208 g/mol. The summed E-state index contributed by atoms with van der Waals surface area (Å²) in [5, 5.41) is 0. The maximum atomic E-state index is 12.1. The van der Waals surface area contributed by atoms with E-state index in [1.165, 1.54) is 12.8 Å². The highest BCUT2D eigenvalue weighted by Gasteiger charge is 2.39. The molecule has 0 aliphatic heterocycles. The quantitative estimate of drug-likeness (QED) is 0.651. The summed E-state index contributed by atoms with van der Waals surface area (Å²) in [6, 6.07) is 0. The number of hydrogen-bond donors (Lipinski definition) is 0. The lowest BCUT2D eigenvalue weighted by Crippen LogP contribution is -2.29. The molecule has 0 radical (unpaired) electrons. The number of carbonyl (C=O) groups excluding carboxylic acids is 2. The van der Waals surface area contributed by atoms with Crippen molar-refractivity contribution in [1.82, 2.24) is 0 Å². The molecule has 2 nitrogen and oxygen atoms in total. The predicted molar refractivity (Wildman–Crippen MR) is 58.5 cm³/mol. The molecule has 84 valence electrons. The summed E-state index contributed by atoms with van der Waals surface area (Å²) in [5.74, 6) is 0.680. The third-order valence-electron chi connectivity index (χ3n) is 3.83. The van der Waals surface area contributed by atoms with Gasteiger partial charge in [0.05, 0.1) is 5.92 Å². The van der Waals surface area contributed by atoms with E-state index in [9.17, 15) is 9.59 Å². The molecule has 2 saturated carbocycles. The normalized spacial score (nSPS) is 24.1. The Morgan fingerprint density at radius 2 is 1.47 bits per heavy atom. The maximum absolute atomic E-state index is 12.1. The molecule has 2 fully saturated rings. The molecule has 2 aliphatic carbocycles. The van der Waals surface area contributed by atoms with Crippen LogP contribution in [0.3, 0.4) is 0 Å². The van der Waals surface area contributed by atoms with Crippen LogP contribution < -0.4 is 0 Å². The summed E-state index contributed by atoms with van der Waals surface area (Å²) in [5.41, 5.74) is 0. The summed E-state index contributed by atoms with van der Waals surface area (Å²) in [4.78, 5) is 24.0. The molecule has 0 aromatic carbocycles. The van der Waals surface area contributed by atoms with Crippen LogP contribution in [0.1, 0.15) is 51.9 Å². The van der Waals surface area contributed by atoms with Crippen LogP contribution in [0.5, 0.6) is 0 Å². The van der Waals surface area contributed by atoms with E-state index in [1.807, 2.05) is 6.92 Å². The van der Waals surface area contributed by atoms with E-state index in [0.29, 0.717) is 6.42 Å². The Morgan fingerprint density at radius 3 is 1.87 bits per heavy atom. The van der Waals surface area contributed by atoms with Gasteiger partial charge in [0.15, 0.2) is 0 Å². The van der Waals surface area contributed by atoms with E-state index in [-0.39, 0.29) is 29.3 Å². The lowest BCUT2D eigenvalue weighted by molar-refractivity contribution is -0.135. The Hall–Kier alpha value is -0.660. The fourth-order valence-corrected chi connectivity index (χ4v) is 2.69. The second-order valence-corrected chi connectivity index (χ2v) is 5.02. The van der Waals surface area contributed by atoms with Crippen molar-refractivity contribution in [1.29, 1.82) is 0 Å². The number of rotatable bonds is 5. The van der Waals surface area contributed by atoms with E-state index in [0.717, 1.165) is 25.7 Å². The smallest absolute Gasteiger partial charge is 0.146 e. The van der Waals surface area contributed by atoms with Crippen molar-refractivity contribution in [2.75, 3.05) is 0 Å². The van der Waals surface area contributed by atoms with Crippen LogP contribution in [-0.2, 0) is 9.59 Å². The van der Waals surface area contributed by atoms with Gasteiger partial charge in [0.2, 0.25) is 0 Å². The van der Waals surface area contributed by atoms with Gasteiger partial charge in [0.25, 0.3) is 0 Å². The van der Waals surface area contributed by atoms with Gasteiger partial charge in [-0.2, -0.15) is 0 Å². The summed E-state index contributed by atoms with van der Waals surface area (Å²) in [6.45, 7) is 1.97. The van der Waals surface area contributed by atoms with E-state index < -0.39 is 0 Å². The zero-order valence-corrected chi connectivity index (χ0v) is 9.50. The minimum absolute atomic E-state index is 0.206. The van der Waals surface area contributed by atoms with Crippen LogP contribution in [-0.4, -0.2) is 11.6 Å². The Labute approximate surface area is 91.4 Å². The fourth-order valence-electron chi connectivity index (χ4n) is 2.69. The minimum Gasteiger partial charge on any atom is -0.299 e. The first-order chi connectivity index (χ1) is 7.24. The Balaban J connectivity index is 1.97. The van der Waals surface area contributed by atoms with Crippen molar-refractivity contribution < 1.29 is 9.59 Å². The highest BCUT2D eigenvalue weighted by molar-refractivity contribution is 6.05. The Bertz CT molecular complexity index is 260. The van der Waals surface area contributed by atoms with Crippen molar-refractivity contribution >= 4 is 11.6 Å². The van der Waals surface area contributed by atoms with Gasteiger partial charge >= 0.3 is 0 Å². The molecular weight excluding hydrogens is 188 g/mol. The van der Waals surface area contributed by atoms with E-state index in [1.54, 1.807) is 0 Å². The standard InChI is InChI=1S/C13H20O2/c1-2-11(13(15)10-7-8-10)12(14)9-5-3-4-6-9/h9-11H,2-8H2,1H3. The minimum atomic E-state index is -0.263. The number of Topliss-reactive ketones (excluding diaryl/α,β-unsaturated/α-hetero) is 2. The summed E-state index contributed by atoms with van der Waals surface area (Å²) in [7, 11) is 0. The topological polar surface area (TPSA) is 34.1 Å². The van der Waals surface area contributed by atoms with E-state index in [4.69, 9.17) is 0 Å². The summed E-state index contributed by atoms with van der Waals surface area (Å²) in [6.07, 6.45) is 7.14. The molecule has 2 aliphatic rings. The Kier molecular flexibility index (Phi) is 3.22. The van der Waals surface area contributed by atoms with E-state index >= 15 is 0 Å². The molecule has 0 amide bonds. The van der Waals surface area contributed by atoms with Gasteiger partial charge in [-0.25, -0.2) is 0 Å². The number of hydrogen-bond acceptors (Lipinski definition) is 2. The zero-order valence-electron chi connectivity index (χ0n) is 9.50. The zero-order chi connectivity index (χ0) is 10.8. The average Bonchev–Trinajstić information content (AvgIpc) is 2.94. The highest BCUT2D eigenvalue weighted by Crippen LogP contribution is 2.36. The molecule has 0 N–H and O–H groups in total. The van der Waals surface area contributed by atoms with Crippen LogP contribution in [0.25, 0.3) is 0 Å². The van der Waals surface area contributed by atoms with Crippen molar-refractivity contribution in [3.8, 4) is 0 Å². The van der Waals surface area contributed by atoms with E-state index in [2.05, 4.69) is 0 Å². The molecule has 0 spiro atoms. The van der Waals surface area contributed by atoms with Gasteiger partial charge in [-0.05, 0) is 32.1 Å². The predicted octanol–water partition coefficient (Wildman–Crippen LogP) is 2.75. The first-order valence-electron chi connectivity index (χ1n) is 6.31. The molecular formula is C13H20O2. The first-order valence-corrected chi connectivity index (χ1v) is 6.31. The van der Waals surface area contributed by atoms with Crippen molar-refractivity contribution in [2.24, 2.45) is 17.8 Å². The van der Waals surface area contributed by atoms with Gasteiger partial charge in [0.1, 0.15) is 11.6 Å². The Morgan fingerprint density at radius 1 is 1.00 bits per heavy atom. The number of carbonyl (C=O) groups is 2. The summed E-state index contributed by atoms with van der Waals surface area (Å²) >= 11 is 0. The molecule has 15 heavy (non-hydrogen) atoms. The first kappa shape index (κ1) is 10.8. The molecule has 0 bridgehead atoms. The lowest BCUT2D eigenvalue weighted by atomic mass is 9.85. The van der Waals surface area contributed by atoms with Crippen LogP contribution in [0.2, 0.25) is 0 Å². The van der Waals surface area contributed by atoms with Crippen LogP contribution >= 0.6 is 0 Å². The SMILES string of the molecule is CCC(C(=O)C1CCCC1)C(=O)C1CC1. The molecule has 2 heteroatoms. The maximum Gasteiger partial charge on any atom is 0.146 e. The van der Waals surface area contributed by atoms with Gasteiger partial charge in [-0.15, -0.1) is 0 Å². The largest absolute Gasteiger partial charge is 0.299 e. The molecule has 0 aromatic rings. The molecule has 2 rings (SSSR count). The molecule has 1 unspecified atom stereocenters. The molecule has 0 saturated heterocycles. The van der Waals surface area contributed by atoms with Crippen LogP contribution in [0.4, 0.5) is 0 Å². The second kappa shape index (κ2) is 4.46. The monoisotopic (exact) mass is 208 g/mol. The third kappa shape index (κ3) is 2.30. The van der Waals surface area contributed by atoms with Gasteiger partial charge in [-0.1, -0.05) is 19.8 Å².